The molecule has 0 atom stereocenters. The molecule has 0 aromatic heterocycles. The average Bonchev–Trinajstić information content (AvgIpc) is 2.49. The van der Waals surface area contributed by atoms with Gasteiger partial charge in [-0.3, -0.25) is 0 Å². The average molecular weight is 304 g/mol. The topological polar surface area (TPSA) is 26.0 Å². The predicted octanol–water partition coefficient (Wildman–Crippen LogP) is 6.28. The summed E-state index contributed by atoms with van der Waals surface area (Å²) < 4.78 is 0. The summed E-state index contributed by atoms with van der Waals surface area (Å²) in [4.78, 5) is 0. The highest BCUT2D eigenvalue weighted by atomic mass is 35.5. The van der Waals surface area contributed by atoms with E-state index in [1.807, 2.05) is 0 Å². The number of halogens is 1. The van der Waals surface area contributed by atoms with Crippen LogP contribution in [0, 0.1) is 5.92 Å². The Balaban J connectivity index is 0.000000367. The number of rotatable bonds is 10. The van der Waals surface area contributed by atoms with E-state index in [0.29, 0.717) is 0 Å². The van der Waals surface area contributed by atoms with Crippen molar-refractivity contribution in [2.75, 3.05) is 12.4 Å². The zero-order chi connectivity index (χ0) is 14.9. The van der Waals surface area contributed by atoms with Crippen LogP contribution in [-0.2, 0) is 0 Å². The van der Waals surface area contributed by atoms with Crippen molar-refractivity contribution in [1.29, 1.82) is 0 Å². The van der Waals surface area contributed by atoms with Gasteiger partial charge in [-0.2, -0.15) is 0 Å². The highest BCUT2D eigenvalue weighted by molar-refractivity contribution is 6.17. The first kappa shape index (κ1) is 20.2. The van der Waals surface area contributed by atoms with Crippen LogP contribution in [0.25, 0.3) is 0 Å². The smallest absolute Gasteiger partial charge is 0.0223 e. The van der Waals surface area contributed by atoms with Gasteiger partial charge < -0.3 is 5.73 Å². The normalized spacial score (nSPS) is 15.8. The molecule has 0 aromatic carbocycles. The zero-order valence-electron chi connectivity index (χ0n) is 13.8. The molecule has 0 bridgehead atoms. The number of unbranched alkanes of at least 4 members (excludes halogenated alkanes) is 7. The van der Waals surface area contributed by atoms with E-state index >= 15 is 0 Å². The molecule has 20 heavy (non-hydrogen) atoms. The Labute approximate surface area is 133 Å². The maximum absolute atomic E-state index is 5.56. The van der Waals surface area contributed by atoms with Crippen LogP contribution in [0.2, 0.25) is 0 Å². The third kappa shape index (κ3) is 14.7. The van der Waals surface area contributed by atoms with E-state index in [0.717, 1.165) is 18.3 Å². The Kier molecular flexibility index (Phi) is 17.5. The van der Waals surface area contributed by atoms with Crippen molar-refractivity contribution in [3.8, 4) is 0 Å². The molecule has 0 saturated heterocycles. The number of alkyl halides is 1. The summed E-state index contributed by atoms with van der Waals surface area (Å²) >= 11 is 5.56. The highest BCUT2D eigenvalue weighted by Crippen LogP contribution is 2.25. The van der Waals surface area contributed by atoms with E-state index in [1.165, 1.54) is 89.9 Å². The molecule has 1 fully saturated rings. The van der Waals surface area contributed by atoms with Gasteiger partial charge in [-0.25, -0.2) is 0 Å². The van der Waals surface area contributed by atoms with Gasteiger partial charge in [-0.15, -0.1) is 11.6 Å². The lowest BCUT2D eigenvalue weighted by molar-refractivity contribution is 0.343. The molecule has 1 nitrogen and oxygen atoms in total. The van der Waals surface area contributed by atoms with Gasteiger partial charge in [0.25, 0.3) is 0 Å². The van der Waals surface area contributed by atoms with Crippen LogP contribution in [0.1, 0.15) is 96.8 Å². The highest BCUT2D eigenvalue weighted by Gasteiger charge is 2.11. The Hall–Kier alpha value is 0.250. The van der Waals surface area contributed by atoms with Crippen LogP contribution in [0.3, 0.4) is 0 Å². The minimum atomic E-state index is 0.842. The van der Waals surface area contributed by atoms with Crippen LogP contribution >= 0.6 is 11.6 Å². The molecule has 1 aliphatic rings. The molecule has 1 rings (SSSR count). The number of hydrogen-bond donors (Lipinski definition) is 1. The first-order chi connectivity index (χ1) is 9.85. The van der Waals surface area contributed by atoms with E-state index in [4.69, 9.17) is 17.3 Å². The van der Waals surface area contributed by atoms with E-state index in [2.05, 4.69) is 6.92 Å². The first-order valence-electron chi connectivity index (χ1n) is 9.11. The Morgan fingerprint density at radius 1 is 0.850 bits per heavy atom. The lowest BCUT2D eigenvalue weighted by Crippen LogP contribution is -2.11. The van der Waals surface area contributed by atoms with Crippen molar-refractivity contribution >= 4 is 11.6 Å². The van der Waals surface area contributed by atoms with E-state index in [-0.39, 0.29) is 0 Å². The Morgan fingerprint density at radius 2 is 1.40 bits per heavy atom. The summed E-state index contributed by atoms with van der Waals surface area (Å²) in [6.07, 6.45) is 19.5. The van der Waals surface area contributed by atoms with Gasteiger partial charge in [0, 0.05) is 5.88 Å². The predicted molar refractivity (Wildman–Crippen MR) is 93.6 cm³/mol. The van der Waals surface area contributed by atoms with E-state index < -0.39 is 0 Å². The van der Waals surface area contributed by atoms with Crippen LogP contribution in [0.15, 0.2) is 0 Å². The minimum absolute atomic E-state index is 0.842. The van der Waals surface area contributed by atoms with Crippen molar-refractivity contribution in [2.24, 2.45) is 11.7 Å². The van der Waals surface area contributed by atoms with Crippen molar-refractivity contribution in [1.82, 2.24) is 0 Å². The van der Waals surface area contributed by atoms with Crippen molar-refractivity contribution in [3.05, 3.63) is 0 Å². The maximum atomic E-state index is 5.56. The van der Waals surface area contributed by atoms with Gasteiger partial charge in [0.2, 0.25) is 0 Å². The Morgan fingerprint density at radius 3 is 1.90 bits per heavy atom. The number of hydrogen-bond acceptors (Lipinski definition) is 1. The van der Waals surface area contributed by atoms with Gasteiger partial charge in [-0.05, 0) is 25.3 Å². The molecule has 2 heteroatoms. The Bertz CT molecular complexity index is 156. The monoisotopic (exact) mass is 303 g/mol. The molecule has 0 aliphatic heterocycles. The van der Waals surface area contributed by atoms with Crippen molar-refractivity contribution in [2.45, 2.75) is 96.8 Å². The van der Waals surface area contributed by atoms with Gasteiger partial charge in [-0.1, -0.05) is 84.0 Å². The second kappa shape index (κ2) is 17.3. The van der Waals surface area contributed by atoms with Crippen LogP contribution < -0.4 is 5.73 Å². The quantitative estimate of drug-likeness (QED) is 0.373. The summed E-state index contributed by atoms with van der Waals surface area (Å²) in [5.41, 5.74) is 5.46. The van der Waals surface area contributed by atoms with Crippen LogP contribution in [-0.4, -0.2) is 12.4 Å². The lowest BCUT2D eigenvalue weighted by Gasteiger charge is -2.20. The molecule has 0 heterocycles. The molecule has 0 amide bonds. The largest absolute Gasteiger partial charge is 0.330 e. The molecule has 1 aliphatic carbocycles. The number of nitrogens with two attached hydrogens (primary N) is 1. The first-order valence-corrected chi connectivity index (χ1v) is 9.64. The second-order valence-corrected chi connectivity index (χ2v) is 6.62. The second-order valence-electron chi connectivity index (χ2n) is 6.25. The molecule has 122 valence electrons. The van der Waals surface area contributed by atoms with Crippen molar-refractivity contribution in [3.63, 3.8) is 0 Å². The lowest BCUT2D eigenvalue weighted by atomic mass is 9.87. The molecule has 0 spiro atoms. The SMILES string of the molecule is CCCCCCCCCCCl.NCCC1CCCCC1. The fourth-order valence-corrected chi connectivity index (χ4v) is 3.13. The molecular formula is C18H38ClN. The fraction of sp³-hybridized carbons (Fsp3) is 1.00. The van der Waals surface area contributed by atoms with Gasteiger partial charge >= 0.3 is 0 Å². The van der Waals surface area contributed by atoms with E-state index in [1.54, 1.807) is 0 Å². The standard InChI is InChI=1S/C10H21Cl.C8H17N/c1-2-3-4-5-6-7-8-9-10-11;9-7-6-8-4-2-1-3-5-8/h2-10H2,1H3;8H,1-7,9H2. The summed E-state index contributed by atoms with van der Waals surface area (Å²) in [6.45, 7) is 3.15. The van der Waals surface area contributed by atoms with Gasteiger partial charge in [0.1, 0.15) is 0 Å². The molecule has 1 saturated carbocycles. The van der Waals surface area contributed by atoms with Gasteiger partial charge in [0.15, 0.2) is 0 Å². The van der Waals surface area contributed by atoms with Crippen LogP contribution in [0.4, 0.5) is 0 Å². The summed E-state index contributed by atoms with van der Waals surface area (Å²) in [7, 11) is 0. The van der Waals surface area contributed by atoms with Gasteiger partial charge in [0.05, 0.1) is 0 Å². The van der Waals surface area contributed by atoms with Crippen LogP contribution in [0.5, 0.6) is 0 Å². The summed E-state index contributed by atoms with van der Waals surface area (Å²) in [5.74, 6) is 1.82. The molecule has 0 aromatic rings. The summed E-state index contributed by atoms with van der Waals surface area (Å²) in [6, 6.07) is 0. The third-order valence-corrected chi connectivity index (χ3v) is 4.55. The van der Waals surface area contributed by atoms with Crippen molar-refractivity contribution < 1.29 is 0 Å². The molecule has 0 radical (unpaired) electrons. The maximum Gasteiger partial charge on any atom is 0.0223 e. The minimum Gasteiger partial charge on any atom is -0.330 e. The zero-order valence-corrected chi connectivity index (χ0v) is 14.6. The summed E-state index contributed by atoms with van der Waals surface area (Å²) in [5, 5.41) is 0. The third-order valence-electron chi connectivity index (χ3n) is 4.29. The fourth-order valence-electron chi connectivity index (χ4n) is 2.94. The molecule has 2 N–H and O–H groups in total. The van der Waals surface area contributed by atoms with E-state index in [9.17, 15) is 0 Å². The molecular weight excluding hydrogens is 266 g/mol. The molecule has 0 unspecified atom stereocenters.